The van der Waals surface area contributed by atoms with Crippen molar-refractivity contribution in [1.29, 1.82) is 5.26 Å². The van der Waals surface area contributed by atoms with Crippen LogP contribution >= 0.6 is 0 Å². The molecule has 0 radical (unpaired) electrons. The van der Waals surface area contributed by atoms with Crippen molar-refractivity contribution in [3.05, 3.63) is 35.2 Å². The van der Waals surface area contributed by atoms with Crippen LogP contribution in [0.4, 0.5) is 0 Å². The van der Waals surface area contributed by atoms with E-state index in [1.165, 1.54) is 0 Å². The summed E-state index contributed by atoms with van der Waals surface area (Å²) in [4.78, 5) is 17.6. The maximum absolute atomic E-state index is 8.83. The zero-order valence-electron chi connectivity index (χ0n) is 10.6. The molecule has 4 rings (SSSR count). The quantitative estimate of drug-likeness (QED) is 0.682. The predicted octanol–water partition coefficient (Wildman–Crippen LogP) is 0.708. The van der Waals surface area contributed by atoms with Crippen LogP contribution in [-0.4, -0.2) is 21.2 Å². The van der Waals surface area contributed by atoms with Gasteiger partial charge in [-0.05, 0) is 6.07 Å². The number of rotatable bonds is 2. The van der Waals surface area contributed by atoms with E-state index in [2.05, 4.69) is 26.0 Å². The first kappa shape index (κ1) is 11.1. The monoisotopic (exact) mass is 262 g/mol. The first-order valence-electron chi connectivity index (χ1n) is 6.39. The largest absolute Gasteiger partial charge is 0.323 e. The number of hydrogen-bond acceptors (Lipinski definition) is 5. The molecule has 0 saturated heterocycles. The van der Waals surface area contributed by atoms with E-state index in [-0.39, 0.29) is 0 Å². The van der Waals surface area contributed by atoms with Crippen LogP contribution in [0.15, 0.2) is 34.3 Å². The van der Waals surface area contributed by atoms with Gasteiger partial charge in [-0.1, -0.05) is 18.2 Å². The van der Waals surface area contributed by atoms with Crippen molar-refractivity contribution in [2.45, 2.75) is 13.0 Å². The minimum absolute atomic E-state index is 0.401. The molecule has 1 aliphatic heterocycles. The van der Waals surface area contributed by atoms with Gasteiger partial charge in [0, 0.05) is 11.9 Å². The Kier molecular flexibility index (Phi) is 2.27. The van der Waals surface area contributed by atoms with Crippen molar-refractivity contribution < 1.29 is 0 Å². The van der Waals surface area contributed by atoms with Crippen LogP contribution in [0, 0.1) is 11.3 Å². The first-order chi connectivity index (χ1) is 9.88. The highest BCUT2D eigenvalue weighted by atomic mass is 15.1. The molecule has 2 aromatic heterocycles. The highest BCUT2D eigenvalue weighted by molar-refractivity contribution is 6.04. The SMILES string of the molecule is N#CCCn1c2ccccc2c2nc3c(nc21)=NCN=3. The van der Waals surface area contributed by atoms with Crippen LogP contribution in [-0.2, 0) is 6.54 Å². The fraction of sp³-hybridized carbons (Fsp3) is 0.214. The van der Waals surface area contributed by atoms with E-state index < -0.39 is 0 Å². The van der Waals surface area contributed by atoms with Crippen molar-refractivity contribution >= 4 is 22.1 Å². The number of fused-ring (bicyclic) bond motifs is 4. The first-order valence-corrected chi connectivity index (χ1v) is 6.39. The second kappa shape index (κ2) is 4.10. The lowest BCUT2D eigenvalue weighted by Gasteiger charge is -2.02. The van der Waals surface area contributed by atoms with Gasteiger partial charge in [0.05, 0.1) is 18.0 Å². The summed E-state index contributed by atoms with van der Waals surface area (Å²) in [6, 6.07) is 10.2. The fourth-order valence-corrected chi connectivity index (χ4v) is 2.57. The van der Waals surface area contributed by atoms with Crippen LogP contribution in [0.25, 0.3) is 22.1 Å². The Labute approximate surface area is 113 Å². The number of benzene rings is 1. The topological polar surface area (TPSA) is 79.2 Å². The molecular formula is C14H10N6. The Balaban J connectivity index is 2.17. The van der Waals surface area contributed by atoms with Gasteiger partial charge in [-0.2, -0.15) is 5.26 Å². The molecular weight excluding hydrogens is 252 g/mol. The second-order valence-electron chi connectivity index (χ2n) is 4.58. The summed E-state index contributed by atoms with van der Waals surface area (Å²) in [5.41, 5.74) is 3.86. The van der Waals surface area contributed by atoms with Crippen molar-refractivity contribution in [2.24, 2.45) is 9.98 Å². The summed E-state index contributed by atoms with van der Waals surface area (Å²) in [6.45, 7) is 1.00. The van der Waals surface area contributed by atoms with E-state index in [9.17, 15) is 0 Å². The molecule has 0 spiro atoms. The molecule has 3 heterocycles. The molecule has 6 nitrogen and oxygen atoms in total. The van der Waals surface area contributed by atoms with Crippen LogP contribution < -0.4 is 11.0 Å². The number of aromatic nitrogens is 3. The van der Waals surface area contributed by atoms with Gasteiger partial charge >= 0.3 is 0 Å². The Bertz CT molecular complexity index is 992. The van der Waals surface area contributed by atoms with Gasteiger partial charge in [0.15, 0.2) is 16.6 Å². The van der Waals surface area contributed by atoms with Gasteiger partial charge in [0.25, 0.3) is 0 Å². The normalized spacial score (nSPS) is 12.9. The summed E-state index contributed by atoms with van der Waals surface area (Å²) < 4.78 is 2.04. The van der Waals surface area contributed by atoms with Gasteiger partial charge in [-0.3, -0.25) is 0 Å². The molecule has 0 N–H and O–H groups in total. The highest BCUT2D eigenvalue weighted by Gasteiger charge is 2.14. The molecule has 0 bridgehead atoms. The lowest BCUT2D eigenvalue weighted by molar-refractivity contribution is 0.757. The second-order valence-corrected chi connectivity index (χ2v) is 4.58. The number of aryl methyl sites for hydroxylation is 1. The molecule has 1 aliphatic rings. The van der Waals surface area contributed by atoms with Crippen LogP contribution in [0.2, 0.25) is 0 Å². The number of para-hydroxylation sites is 1. The number of nitriles is 1. The third kappa shape index (κ3) is 1.43. The lowest BCUT2D eigenvalue weighted by Crippen LogP contribution is -2.29. The van der Waals surface area contributed by atoms with E-state index in [0.29, 0.717) is 30.6 Å². The Hall–Kier alpha value is -2.81. The minimum Gasteiger partial charge on any atom is -0.323 e. The van der Waals surface area contributed by atoms with Crippen LogP contribution in [0.1, 0.15) is 6.42 Å². The number of nitrogens with zero attached hydrogens (tertiary/aromatic N) is 6. The highest BCUT2D eigenvalue weighted by Crippen LogP contribution is 2.24. The smallest absolute Gasteiger partial charge is 0.196 e. The Morgan fingerprint density at radius 2 is 1.95 bits per heavy atom. The molecule has 3 aromatic rings. The van der Waals surface area contributed by atoms with Gasteiger partial charge in [0.2, 0.25) is 0 Å². The summed E-state index contributed by atoms with van der Waals surface area (Å²) >= 11 is 0. The van der Waals surface area contributed by atoms with Gasteiger partial charge in [0.1, 0.15) is 12.2 Å². The van der Waals surface area contributed by atoms with Gasteiger partial charge in [-0.15, -0.1) is 0 Å². The van der Waals surface area contributed by atoms with E-state index in [1.54, 1.807) is 0 Å². The summed E-state index contributed by atoms with van der Waals surface area (Å²) in [6.07, 6.45) is 0.439. The van der Waals surface area contributed by atoms with Gasteiger partial charge < -0.3 is 4.57 Å². The molecule has 6 heteroatoms. The molecule has 0 atom stereocenters. The van der Waals surface area contributed by atoms with Crippen molar-refractivity contribution in [1.82, 2.24) is 14.5 Å². The third-order valence-electron chi connectivity index (χ3n) is 3.44. The Morgan fingerprint density at radius 1 is 1.15 bits per heavy atom. The van der Waals surface area contributed by atoms with E-state index in [4.69, 9.17) is 5.26 Å². The predicted molar refractivity (Wildman–Crippen MR) is 72.4 cm³/mol. The maximum Gasteiger partial charge on any atom is 0.196 e. The standard InChI is InChI=1S/C14H10N6/c15-6-3-7-20-10-5-2-1-4-9(10)11-14(20)19-13-12(18-11)16-8-17-13/h1-2,4-5H,3,7-8H2. The Morgan fingerprint density at radius 3 is 2.80 bits per heavy atom. The molecule has 96 valence electrons. The summed E-state index contributed by atoms with van der Waals surface area (Å²) in [5.74, 6) is 0. The summed E-state index contributed by atoms with van der Waals surface area (Å²) in [7, 11) is 0. The average molecular weight is 262 g/mol. The maximum atomic E-state index is 8.83. The third-order valence-corrected chi connectivity index (χ3v) is 3.44. The van der Waals surface area contributed by atoms with Crippen LogP contribution in [0.5, 0.6) is 0 Å². The zero-order chi connectivity index (χ0) is 13.5. The molecule has 0 amide bonds. The number of hydrogen-bond donors (Lipinski definition) is 0. The van der Waals surface area contributed by atoms with E-state index in [0.717, 1.165) is 22.1 Å². The molecule has 0 fully saturated rings. The van der Waals surface area contributed by atoms with Crippen molar-refractivity contribution in [3.8, 4) is 6.07 Å². The molecule has 20 heavy (non-hydrogen) atoms. The van der Waals surface area contributed by atoms with Crippen molar-refractivity contribution in [3.63, 3.8) is 0 Å². The van der Waals surface area contributed by atoms with Crippen molar-refractivity contribution in [2.75, 3.05) is 6.67 Å². The van der Waals surface area contributed by atoms with E-state index in [1.807, 2.05) is 28.8 Å². The average Bonchev–Trinajstić information content (AvgIpc) is 3.05. The fourth-order valence-electron chi connectivity index (χ4n) is 2.57. The summed E-state index contributed by atoms with van der Waals surface area (Å²) in [5, 5.41) is 9.87. The van der Waals surface area contributed by atoms with Gasteiger partial charge in [-0.25, -0.2) is 20.0 Å². The molecule has 0 saturated carbocycles. The van der Waals surface area contributed by atoms with E-state index >= 15 is 0 Å². The van der Waals surface area contributed by atoms with Crippen LogP contribution in [0.3, 0.4) is 0 Å². The molecule has 0 aliphatic carbocycles. The molecule has 0 unspecified atom stereocenters. The molecule has 1 aromatic carbocycles. The lowest BCUT2D eigenvalue weighted by atomic mass is 10.2. The zero-order valence-corrected chi connectivity index (χ0v) is 10.6. The minimum atomic E-state index is 0.401.